The maximum absolute atomic E-state index is 12.8. The van der Waals surface area contributed by atoms with E-state index in [9.17, 15) is 13.2 Å². The maximum atomic E-state index is 12.8. The van der Waals surface area contributed by atoms with Crippen LogP contribution in [-0.2, 0) is 36.9 Å². The highest BCUT2D eigenvalue weighted by Gasteiger charge is 2.21. The van der Waals surface area contributed by atoms with Crippen molar-refractivity contribution in [3.63, 3.8) is 0 Å². The van der Waals surface area contributed by atoms with E-state index in [0.29, 0.717) is 12.3 Å². The highest BCUT2D eigenvalue weighted by Crippen LogP contribution is 2.22. The molecule has 2 heterocycles. The van der Waals surface area contributed by atoms with Gasteiger partial charge < -0.3 is 9.47 Å². The van der Waals surface area contributed by atoms with Crippen LogP contribution in [0.5, 0.6) is 5.75 Å². The number of hydrogen-bond acceptors (Lipinski definition) is 8. The average molecular weight is 526 g/mol. The van der Waals surface area contributed by atoms with Crippen molar-refractivity contribution < 1.29 is 27.0 Å². The van der Waals surface area contributed by atoms with E-state index in [2.05, 4.69) is 9.88 Å². The molecule has 0 bridgehead atoms. The molecule has 1 fully saturated rings. The molecule has 1 amide bonds. The number of benzene rings is 2. The van der Waals surface area contributed by atoms with Gasteiger partial charge in [-0.3, -0.25) is 14.7 Å². The van der Waals surface area contributed by atoms with Crippen LogP contribution in [0.25, 0.3) is 11.1 Å². The predicted octanol–water partition coefficient (Wildman–Crippen LogP) is 2.92. The standard InChI is InChI=1S/C27H31N3O6S/c1-37(32,33)36-30(21-22-5-3-2-4-6-22)27(31)19-25-10-7-24(20-28-25)23-8-11-26(12-9-23)35-18-15-29-13-16-34-17-14-29/h2-12,20H,13-19,21H2,1H3. The van der Waals surface area contributed by atoms with Gasteiger partial charge in [0.25, 0.3) is 16.0 Å². The molecule has 0 N–H and O–H groups in total. The van der Waals surface area contributed by atoms with Gasteiger partial charge in [0.1, 0.15) is 12.4 Å². The summed E-state index contributed by atoms with van der Waals surface area (Å²) in [4.78, 5) is 19.6. The van der Waals surface area contributed by atoms with E-state index in [-0.39, 0.29) is 13.0 Å². The number of ether oxygens (including phenoxy) is 2. The highest BCUT2D eigenvalue weighted by molar-refractivity contribution is 7.85. The summed E-state index contributed by atoms with van der Waals surface area (Å²) in [6.45, 7) is 4.92. The van der Waals surface area contributed by atoms with Crippen LogP contribution < -0.4 is 4.74 Å². The lowest BCUT2D eigenvalue weighted by molar-refractivity contribution is -0.157. The number of morpholine rings is 1. The van der Waals surface area contributed by atoms with Gasteiger partial charge in [0.15, 0.2) is 0 Å². The number of carbonyl (C=O) groups is 1. The van der Waals surface area contributed by atoms with Gasteiger partial charge in [-0.05, 0) is 29.3 Å². The van der Waals surface area contributed by atoms with E-state index in [1.54, 1.807) is 24.4 Å². The Kier molecular flexibility index (Phi) is 9.24. The third-order valence-corrected chi connectivity index (χ3v) is 6.25. The molecule has 9 nitrogen and oxygen atoms in total. The van der Waals surface area contributed by atoms with E-state index in [0.717, 1.165) is 66.6 Å². The lowest BCUT2D eigenvalue weighted by atomic mass is 10.1. The van der Waals surface area contributed by atoms with E-state index < -0.39 is 16.0 Å². The lowest BCUT2D eigenvalue weighted by Crippen LogP contribution is -2.38. The van der Waals surface area contributed by atoms with Gasteiger partial charge in [-0.15, -0.1) is 4.28 Å². The minimum absolute atomic E-state index is 0.00565. The third kappa shape index (κ3) is 8.64. The second-order valence-electron chi connectivity index (χ2n) is 8.74. The fourth-order valence-corrected chi connectivity index (χ4v) is 4.34. The van der Waals surface area contributed by atoms with E-state index >= 15 is 0 Å². The number of aromatic nitrogens is 1. The summed E-state index contributed by atoms with van der Waals surface area (Å²) in [6, 6.07) is 20.5. The van der Waals surface area contributed by atoms with E-state index in [4.69, 9.17) is 13.8 Å². The molecule has 0 aliphatic carbocycles. The first-order chi connectivity index (χ1) is 17.9. The third-order valence-electron chi connectivity index (χ3n) is 5.80. The average Bonchev–Trinajstić information content (AvgIpc) is 2.90. The molecule has 4 rings (SSSR count). The minimum atomic E-state index is -3.87. The van der Waals surface area contributed by atoms with Gasteiger partial charge in [-0.1, -0.05) is 48.5 Å². The smallest absolute Gasteiger partial charge is 0.285 e. The summed E-state index contributed by atoms with van der Waals surface area (Å²) in [5.41, 5.74) is 3.12. The molecule has 1 aliphatic heterocycles. The molecule has 2 aromatic carbocycles. The zero-order chi connectivity index (χ0) is 26.1. The van der Waals surface area contributed by atoms with Crippen LogP contribution in [0.15, 0.2) is 72.9 Å². The first-order valence-electron chi connectivity index (χ1n) is 12.1. The number of carbonyl (C=O) groups excluding carboxylic acids is 1. The molecule has 37 heavy (non-hydrogen) atoms. The SMILES string of the molecule is CS(=O)(=O)ON(Cc1ccccc1)C(=O)Cc1ccc(-c2ccc(OCCN3CCOCC3)cc2)cn1. The Morgan fingerprint density at radius 3 is 2.35 bits per heavy atom. The molecular formula is C27H31N3O6S. The molecule has 0 radical (unpaired) electrons. The van der Waals surface area contributed by atoms with Gasteiger partial charge >= 0.3 is 0 Å². The minimum Gasteiger partial charge on any atom is -0.492 e. The molecule has 1 saturated heterocycles. The van der Waals surface area contributed by atoms with Gasteiger partial charge in [0.05, 0.1) is 32.4 Å². The molecule has 0 atom stereocenters. The van der Waals surface area contributed by atoms with Crippen molar-refractivity contribution in [1.29, 1.82) is 0 Å². The van der Waals surface area contributed by atoms with Crippen molar-refractivity contribution in [3.8, 4) is 16.9 Å². The van der Waals surface area contributed by atoms with Crippen molar-refractivity contribution >= 4 is 16.0 Å². The van der Waals surface area contributed by atoms with Crippen LogP contribution in [0.2, 0.25) is 0 Å². The van der Waals surface area contributed by atoms with Gasteiger partial charge in [0, 0.05) is 37.1 Å². The summed E-state index contributed by atoms with van der Waals surface area (Å²) in [5, 5.41) is 0.859. The van der Waals surface area contributed by atoms with Crippen molar-refractivity contribution in [2.24, 2.45) is 0 Å². The van der Waals surface area contributed by atoms with Crippen LogP contribution in [-0.4, -0.2) is 75.0 Å². The first-order valence-corrected chi connectivity index (χ1v) is 13.9. The Morgan fingerprint density at radius 1 is 1.00 bits per heavy atom. The monoisotopic (exact) mass is 525 g/mol. The Bertz CT molecular complexity index is 1250. The Hall–Kier alpha value is -3.31. The normalized spacial score (nSPS) is 14.3. The molecule has 196 valence electrons. The molecule has 10 heteroatoms. The summed E-state index contributed by atoms with van der Waals surface area (Å²) < 4.78 is 39.6. The molecule has 0 spiro atoms. The quantitative estimate of drug-likeness (QED) is 0.353. The number of hydroxylamine groups is 2. The fourth-order valence-electron chi connectivity index (χ4n) is 3.87. The Labute approximate surface area is 217 Å². The largest absolute Gasteiger partial charge is 0.492 e. The number of pyridine rings is 1. The summed E-state index contributed by atoms with van der Waals surface area (Å²) >= 11 is 0. The number of nitrogens with zero attached hydrogens (tertiary/aromatic N) is 3. The fraction of sp³-hybridized carbons (Fsp3) is 0.333. The van der Waals surface area contributed by atoms with Gasteiger partial charge in [-0.25, -0.2) is 0 Å². The van der Waals surface area contributed by atoms with Crippen LogP contribution in [0.1, 0.15) is 11.3 Å². The molecule has 3 aromatic rings. The second-order valence-corrected chi connectivity index (χ2v) is 10.3. The van der Waals surface area contributed by atoms with Crippen molar-refractivity contribution in [2.45, 2.75) is 13.0 Å². The highest BCUT2D eigenvalue weighted by atomic mass is 32.2. The zero-order valence-electron chi connectivity index (χ0n) is 20.8. The summed E-state index contributed by atoms with van der Waals surface area (Å²) in [5.74, 6) is 0.296. The zero-order valence-corrected chi connectivity index (χ0v) is 21.6. The summed E-state index contributed by atoms with van der Waals surface area (Å²) in [6.07, 6.45) is 2.50. The number of rotatable bonds is 11. The Balaban J connectivity index is 1.33. The van der Waals surface area contributed by atoms with Crippen LogP contribution >= 0.6 is 0 Å². The van der Waals surface area contributed by atoms with E-state index in [1.165, 1.54) is 0 Å². The molecule has 1 aromatic heterocycles. The van der Waals surface area contributed by atoms with Crippen LogP contribution in [0, 0.1) is 0 Å². The van der Waals surface area contributed by atoms with Gasteiger partial charge in [-0.2, -0.15) is 13.5 Å². The predicted molar refractivity (Wildman–Crippen MR) is 139 cm³/mol. The van der Waals surface area contributed by atoms with Crippen LogP contribution in [0.4, 0.5) is 0 Å². The molecular weight excluding hydrogens is 494 g/mol. The molecule has 1 aliphatic rings. The Morgan fingerprint density at radius 2 is 1.70 bits per heavy atom. The second kappa shape index (κ2) is 12.8. The van der Waals surface area contributed by atoms with E-state index in [1.807, 2.05) is 48.5 Å². The van der Waals surface area contributed by atoms with Crippen LogP contribution in [0.3, 0.4) is 0 Å². The lowest BCUT2D eigenvalue weighted by Gasteiger charge is -2.26. The molecule has 0 unspecified atom stereocenters. The molecule has 0 saturated carbocycles. The van der Waals surface area contributed by atoms with Gasteiger partial charge in [0.2, 0.25) is 0 Å². The van der Waals surface area contributed by atoms with Crippen molar-refractivity contribution in [3.05, 3.63) is 84.2 Å². The number of hydrogen-bond donors (Lipinski definition) is 0. The number of amides is 1. The topological polar surface area (TPSA) is 98.3 Å². The maximum Gasteiger partial charge on any atom is 0.285 e. The van der Waals surface area contributed by atoms with Crippen molar-refractivity contribution in [2.75, 3.05) is 45.7 Å². The summed E-state index contributed by atoms with van der Waals surface area (Å²) in [7, 11) is -3.87. The first kappa shape index (κ1) is 26.7. The van der Waals surface area contributed by atoms with Crippen molar-refractivity contribution in [1.82, 2.24) is 14.9 Å².